The van der Waals surface area contributed by atoms with Crippen LogP contribution in [0.2, 0.25) is 0 Å². The monoisotopic (exact) mass is 372 g/mol. The quantitative estimate of drug-likeness (QED) is 0.529. The SMILES string of the molecule is [2H]C([2H])([2H])C([2H])(c1c(CCC(=O)O)c2cc3[nH]ncc3cc2n1-c1ccc(F)cc1)C([2H])([2H])[2H]. The lowest BCUT2D eigenvalue weighted by atomic mass is 9.99. The molecular formula is C21H20FN3O2. The van der Waals surface area contributed by atoms with Crippen LogP contribution in [0.5, 0.6) is 0 Å². The Hall–Kier alpha value is -3.15. The average Bonchev–Trinajstić information content (AvgIpc) is 3.30. The molecule has 4 rings (SSSR count). The van der Waals surface area contributed by atoms with E-state index in [9.17, 15) is 14.3 Å². The molecule has 2 aromatic carbocycles. The van der Waals surface area contributed by atoms with Crippen molar-refractivity contribution in [3.63, 3.8) is 0 Å². The molecule has 0 fully saturated rings. The van der Waals surface area contributed by atoms with E-state index in [2.05, 4.69) is 10.2 Å². The van der Waals surface area contributed by atoms with Gasteiger partial charge in [-0.2, -0.15) is 5.10 Å². The third-order valence-electron chi connectivity index (χ3n) is 4.54. The van der Waals surface area contributed by atoms with E-state index in [0.29, 0.717) is 21.8 Å². The molecule has 0 spiro atoms. The normalized spacial score (nSPS) is 16.9. The minimum absolute atomic E-state index is 0.112. The number of aromatic amines is 1. The molecule has 0 saturated heterocycles. The van der Waals surface area contributed by atoms with E-state index in [0.717, 1.165) is 12.1 Å². The molecule has 27 heavy (non-hydrogen) atoms. The van der Waals surface area contributed by atoms with E-state index in [1.54, 1.807) is 12.1 Å². The Morgan fingerprint density at radius 3 is 2.85 bits per heavy atom. The number of hydrogen-bond donors (Lipinski definition) is 2. The summed E-state index contributed by atoms with van der Waals surface area (Å²) in [6.45, 7) is -6.63. The number of hydrogen-bond acceptors (Lipinski definition) is 2. The van der Waals surface area contributed by atoms with Crippen LogP contribution in [-0.2, 0) is 11.2 Å². The molecular weight excluding hydrogens is 345 g/mol. The number of nitrogens with one attached hydrogen (secondary N) is 1. The van der Waals surface area contributed by atoms with Crippen molar-refractivity contribution in [1.82, 2.24) is 14.8 Å². The number of halogens is 1. The molecule has 138 valence electrons. The Bertz CT molecular complexity index is 1370. The van der Waals surface area contributed by atoms with Crippen LogP contribution in [0.3, 0.4) is 0 Å². The van der Waals surface area contributed by atoms with Gasteiger partial charge < -0.3 is 9.67 Å². The number of carboxylic acids is 1. The van der Waals surface area contributed by atoms with Gasteiger partial charge in [0, 0.05) is 38.2 Å². The Kier molecular flexibility index (Phi) is 2.63. The Morgan fingerprint density at radius 2 is 2.15 bits per heavy atom. The number of aryl methyl sites for hydroxylation is 1. The molecule has 0 bridgehead atoms. The molecule has 0 saturated carbocycles. The van der Waals surface area contributed by atoms with Crippen LogP contribution in [0.1, 0.15) is 46.9 Å². The highest BCUT2D eigenvalue weighted by atomic mass is 19.1. The van der Waals surface area contributed by atoms with Crippen LogP contribution in [-0.4, -0.2) is 25.8 Å². The van der Waals surface area contributed by atoms with Gasteiger partial charge in [-0.15, -0.1) is 0 Å². The third kappa shape index (κ3) is 2.97. The zero-order valence-corrected chi connectivity index (χ0v) is 14.1. The predicted molar refractivity (Wildman–Crippen MR) is 103 cm³/mol. The molecule has 2 N–H and O–H groups in total. The van der Waals surface area contributed by atoms with E-state index < -0.39 is 37.8 Å². The highest BCUT2D eigenvalue weighted by Crippen LogP contribution is 2.36. The average molecular weight is 372 g/mol. The van der Waals surface area contributed by atoms with Crippen molar-refractivity contribution in [3.05, 3.63) is 59.7 Å². The van der Waals surface area contributed by atoms with Crippen LogP contribution in [0, 0.1) is 5.82 Å². The summed E-state index contributed by atoms with van der Waals surface area (Å²) in [5, 5.41) is 17.1. The number of carbonyl (C=O) groups is 1. The van der Waals surface area contributed by atoms with Gasteiger partial charge in [-0.1, -0.05) is 13.7 Å². The molecule has 0 amide bonds. The summed E-state index contributed by atoms with van der Waals surface area (Å²) in [6, 6.07) is 8.22. The minimum atomic E-state index is -3.31. The van der Waals surface area contributed by atoms with Crippen LogP contribution in [0.15, 0.2) is 42.6 Å². The van der Waals surface area contributed by atoms with Crippen LogP contribution in [0.4, 0.5) is 4.39 Å². The molecule has 0 unspecified atom stereocenters. The Morgan fingerprint density at radius 1 is 1.37 bits per heavy atom. The van der Waals surface area contributed by atoms with Crippen LogP contribution >= 0.6 is 0 Å². The molecule has 2 heterocycles. The first-order valence-electron chi connectivity index (χ1n) is 11.7. The highest BCUT2D eigenvalue weighted by Gasteiger charge is 2.22. The number of benzene rings is 2. The van der Waals surface area contributed by atoms with E-state index in [4.69, 9.17) is 9.60 Å². The maximum absolute atomic E-state index is 13.7. The Labute approximate surface area is 165 Å². The second kappa shape index (κ2) is 6.54. The summed E-state index contributed by atoms with van der Waals surface area (Å²) >= 11 is 0. The van der Waals surface area contributed by atoms with Gasteiger partial charge in [0.15, 0.2) is 0 Å². The van der Waals surface area contributed by atoms with Crippen molar-refractivity contribution >= 4 is 27.8 Å². The molecule has 6 heteroatoms. The van der Waals surface area contributed by atoms with Crippen LogP contribution < -0.4 is 0 Å². The van der Waals surface area contributed by atoms with Crippen molar-refractivity contribution in [2.75, 3.05) is 0 Å². The molecule has 0 radical (unpaired) electrons. The summed E-state index contributed by atoms with van der Waals surface area (Å²) in [4.78, 5) is 11.4. The maximum atomic E-state index is 13.7. The summed E-state index contributed by atoms with van der Waals surface area (Å²) < 4.78 is 72.3. The van der Waals surface area contributed by atoms with Gasteiger partial charge in [-0.25, -0.2) is 4.39 Å². The molecule has 5 nitrogen and oxygen atoms in total. The largest absolute Gasteiger partial charge is 0.481 e. The maximum Gasteiger partial charge on any atom is 0.303 e. The number of aliphatic carboxylic acids is 1. The summed E-state index contributed by atoms with van der Waals surface area (Å²) in [7, 11) is 0. The van der Waals surface area contributed by atoms with Gasteiger partial charge in [0.2, 0.25) is 0 Å². The lowest BCUT2D eigenvalue weighted by molar-refractivity contribution is -0.136. The minimum Gasteiger partial charge on any atom is -0.481 e. The smallest absolute Gasteiger partial charge is 0.303 e. The third-order valence-corrected chi connectivity index (χ3v) is 4.54. The van der Waals surface area contributed by atoms with Crippen LogP contribution in [0.25, 0.3) is 27.5 Å². The van der Waals surface area contributed by atoms with Crippen molar-refractivity contribution in [2.24, 2.45) is 0 Å². The van der Waals surface area contributed by atoms with Crippen molar-refractivity contribution in [1.29, 1.82) is 0 Å². The van der Waals surface area contributed by atoms with Gasteiger partial charge in [0.25, 0.3) is 0 Å². The second-order valence-corrected chi connectivity index (χ2v) is 6.23. The van der Waals surface area contributed by atoms with Gasteiger partial charge in [0.05, 0.1) is 17.2 Å². The highest BCUT2D eigenvalue weighted by molar-refractivity contribution is 5.98. The van der Waals surface area contributed by atoms with E-state index in [-0.39, 0.29) is 23.4 Å². The zero-order chi connectivity index (χ0) is 25.1. The van der Waals surface area contributed by atoms with E-state index >= 15 is 0 Å². The number of carboxylic acid groups (broad SMARTS) is 1. The van der Waals surface area contributed by atoms with Gasteiger partial charge in [0.1, 0.15) is 5.82 Å². The molecule has 0 aliphatic carbocycles. The first kappa shape index (κ1) is 10.9. The molecule has 0 atom stereocenters. The number of rotatable bonds is 5. The fourth-order valence-electron chi connectivity index (χ4n) is 3.40. The standard InChI is InChI=1S/C21H20FN3O2/c1-12(2)21-16(7-8-20(26)27)17-10-18-13(11-23-24-18)9-19(17)25(21)15-5-3-14(22)4-6-15/h3-6,9-12H,7-8H2,1-2H3,(H,23,24)(H,26,27)/i1D3,2D3,12D. The Balaban J connectivity index is 2.23. The van der Waals surface area contributed by atoms with Crippen molar-refractivity contribution < 1.29 is 23.9 Å². The van der Waals surface area contributed by atoms with Crippen molar-refractivity contribution in [3.8, 4) is 5.69 Å². The topological polar surface area (TPSA) is 70.9 Å². The van der Waals surface area contributed by atoms with Gasteiger partial charge >= 0.3 is 5.97 Å². The molecule has 2 aromatic heterocycles. The lowest BCUT2D eigenvalue weighted by Crippen LogP contribution is -2.06. The number of H-pyrrole nitrogens is 1. The van der Waals surface area contributed by atoms with Gasteiger partial charge in [-0.05, 0) is 54.3 Å². The number of fused-ring (bicyclic) bond motifs is 2. The lowest BCUT2D eigenvalue weighted by Gasteiger charge is -2.15. The fraction of sp³-hybridized carbons (Fsp3) is 0.238. The van der Waals surface area contributed by atoms with Crippen molar-refractivity contribution in [2.45, 2.75) is 32.4 Å². The molecule has 4 aromatic rings. The summed E-state index contributed by atoms with van der Waals surface area (Å²) in [6.07, 6.45) is 0.880. The fourth-order valence-corrected chi connectivity index (χ4v) is 3.40. The first-order valence-corrected chi connectivity index (χ1v) is 8.24. The van der Waals surface area contributed by atoms with E-state index in [1.165, 1.54) is 22.9 Å². The summed E-state index contributed by atoms with van der Waals surface area (Å²) in [5.41, 5.74) is 0.874. The number of aromatic nitrogens is 3. The summed E-state index contributed by atoms with van der Waals surface area (Å²) in [5.74, 6) is -4.85. The number of nitrogens with zero attached hydrogens (tertiary/aromatic N) is 2. The first-order chi connectivity index (χ1) is 15.8. The molecule has 0 aliphatic rings. The molecule has 0 aliphatic heterocycles. The van der Waals surface area contributed by atoms with E-state index in [1.807, 2.05) is 0 Å². The predicted octanol–water partition coefficient (Wildman–Crippen LogP) is 4.79. The second-order valence-electron chi connectivity index (χ2n) is 6.23. The van der Waals surface area contributed by atoms with Gasteiger partial charge in [-0.3, -0.25) is 9.89 Å². The zero-order valence-electron chi connectivity index (χ0n) is 21.1.